The quantitative estimate of drug-likeness (QED) is 0.808. The van der Waals surface area contributed by atoms with Crippen LogP contribution in [0.1, 0.15) is 65.2 Å². The average Bonchev–Trinajstić information content (AvgIpc) is 2.64. The number of rotatable bonds is 4. The first-order valence-corrected chi connectivity index (χ1v) is 11.8. The highest BCUT2D eigenvalue weighted by atomic mass is 32.2. The fourth-order valence-corrected chi connectivity index (χ4v) is 6.23. The minimum absolute atomic E-state index is 0.0445. The molecule has 2 heterocycles. The van der Waals surface area contributed by atoms with E-state index in [0.29, 0.717) is 56.9 Å². The van der Waals surface area contributed by atoms with Crippen molar-refractivity contribution in [2.75, 3.05) is 26.2 Å². The summed E-state index contributed by atoms with van der Waals surface area (Å²) >= 11 is 0. The first kappa shape index (κ1) is 20.1. The van der Waals surface area contributed by atoms with E-state index in [9.17, 15) is 13.2 Å². The molecule has 0 spiro atoms. The third-order valence-corrected chi connectivity index (χ3v) is 8.69. The van der Waals surface area contributed by atoms with Gasteiger partial charge in [0.05, 0.1) is 0 Å². The molecule has 3 fully saturated rings. The Morgan fingerprint density at radius 3 is 1.96 bits per heavy atom. The number of nitrogens with zero attached hydrogens (tertiary/aromatic N) is 2. The van der Waals surface area contributed by atoms with E-state index in [1.165, 1.54) is 19.3 Å². The summed E-state index contributed by atoms with van der Waals surface area (Å²) < 4.78 is 28.9. The summed E-state index contributed by atoms with van der Waals surface area (Å²) in [5.74, 6) is 1.25. The summed E-state index contributed by atoms with van der Waals surface area (Å²) in [5.41, 5.74) is 0. The van der Waals surface area contributed by atoms with Crippen LogP contribution in [-0.2, 0) is 15.0 Å². The normalized spacial score (nSPS) is 31.0. The van der Waals surface area contributed by atoms with Crippen LogP contribution in [0.15, 0.2) is 0 Å². The number of piperidine rings is 2. The third-order valence-electron chi connectivity index (χ3n) is 6.66. The van der Waals surface area contributed by atoms with Gasteiger partial charge in [0, 0.05) is 38.1 Å². The molecule has 0 radical (unpaired) electrons. The van der Waals surface area contributed by atoms with Gasteiger partial charge in [0.2, 0.25) is 5.91 Å². The van der Waals surface area contributed by atoms with Gasteiger partial charge < -0.3 is 5.32 Å². The van der Waals surface area contributed by atoms with E-state index in [-0.39, 0.29) is 11.8 Å². The van der Waals surface area contributed by atoms with Crippen LogP contribution in [-0.4, -0.2) is 55.2 Å². The molecule has 3 rings (SSSR count). The minimum atomic E-state index is -3.36. The van der Waals surface area contributed by atoms with E-state index in [0.717, 1.165) is 19.3 Å². The smallest absolute Gasteiger partial charge is 0.281 e. The molecule has 2 aliphatic heterocycles. The molecule has 0 aromatic heterocycles. The topological polar surface area (TPSA) is 69.7 Å². The van der Waals surface area contributed by atoms with E-state index >= 15 is 0 Å². The SMILES string of the molecule is CC1CCN(S(=O)(=O)N2CCC(C(=O)NC3CCCCC3C)CC2)CC1. The molecule has 2 saturated heterocycles. The summed E-state index contributed by atoms with van der Waals surface area (Å²) in [5, 5.41) is 3.24. The molecule has 0 bridgehead atoms. The average molecular weight is 386 g/mol. The number of carbonyl (C=O) groups excluding carboxylic acids is 1. The van der Waals surface area contributed by atoms with Gasteiger partial charge in [0.15, 0.2) is 0 Å². The Morgan fingerprint density at radius 2 is 1.38 bits per heavy atom. The highest BCUT2D eigenvalue weighted by molar-refractivity contribution is 7.86. The van der Waals surface area contributed by atoms with Gasteiger partial charge in [-0.15, -0.1) is 0 Å². The monoisotopic (exact) mass is 385 g/mol. The third kappa shape index (κ3) is 4.60. The van der Waals surface area contributed by atoms with Gasteiger partial charge in [-0.25, -0.2) is 0 Å². The van der Waals surface area contributed by atoms with Gasteiger partial charge >= 0.3 is 0 Å². The molecular formula is C19H35N3O3S. The van der Waals surface area contributed by atoms with Crippen LogP contribution in [0, 0.1) is 17.8 Å². The van der Waals surface area contributed by atoms with E-state index < -0.39 is 10.2 Å². The summed E-state index contributed by atoms with van der Waals surface area (Å²) in [6.07, 6.45) is 7.88. The van der Waals surface area contributed by atoms with Gasteiger partial charge in [-0.05, 0) is 50.4 Å². The summed E-state index contributed by atoms with van der Waals surface area (Å²) in [7, 11) is -3.36. The fourth-order valence-electron chi connectivity index (χ4n) is 4.56. The Labute approximate surface area is 158 Å². The minimum Gasteiger partial charge on any atom is -0.353 e. The molecular weight excluding hydrogens is 350 g/mol. The first-order valence-electron chi connectivity index (χ1n) is 10.4. The molecule has 1 aliphatic carbocycles. The van der Waals surface area contributed by atoms with E-state index in [1.54, 1.807) is 8.61 Å². The second kappa shape index (κ2) is 8.57. The van der Waals surface area contributed by atoms with Crippen LogP contribution in [0.3, 0.4) is 0 Å². The van der Waals surface area contributed by atoms with Crippen LogP contribution in [0.25, 0.3) is 0 Å². The van der Waals surface area contributed by atoms with Gasteiger partial charge in [-0.1, -0.05) is 26.7 Å². The molecule has 150 valence electrons. The van der Waals surface area contributed by atoms with Crippen molar-refractivity contribution in [3.8, 4) is 0 Å². The predicted octanol–water partition coefficient (Wildman–Crippen LogP) is 2.37. The van der Waals surface area contributed by atoms with Crippen LogP contribution >= 0.6 is 0 Å². The van der Waals surface area contributed by atoms with E-state index in [1.807, 2.05) is 0 Å². The van der Waals surface area contributed by atoms with E-state index in [4.69, 9.17) is 0 Å². The Balaban J connectivity index is 1.49. The molecule has 2 atom stereocenters. The van der Waals surface area contributed by atoms with Crippen LogP contribution < -0.4 is 5.32 Å². The number of hydrogen-bond donors (Lipinski definition) is 1. The fraction of sp³-hybridized carbons (Fsp3) is 0.947. The number of nitrogens with one attached hydrogen (secondary N) is 1. The zero-order valence-corrected chi connectivity index (χ0v) is 17.1. The number of amides is 1. The van der Waals surface area contributed by atoms with Gasteiger partial charge in [0.25, 0.3) is 10.2 Å². The van der Waals surface area contributed by atoms with Crippen molar-refractivity contribution in [3.63, 3.8) is 0 Å². The zero-order chi connectivity index (χ0) is 18.7. The van der Waals surface area contributed by atoms with Crippen molar-refractivity contribution >= 4 is 16.1 Å². The van der Waals surface area contributed by atoms with Crippen LogP contribution in [0.5, 0.6) is 0 Å². The maximum absolute atomic E-state index is 12.8. The van der Waals surface area contributed by atoms with Crippen LogP contribution in [0.2, 0.25) is 0 Å². The standard InChI is InChI=1S/C19H35N3O3S/c1-15-7-11-21(12-8-15)26(24,25)22-13-9-17(10-14-22)19(23)20-18-6-4-3-5-16(18)2/h15-18H,3-14H2,1-2H3,(H,20,23). The molecule has 7 heteroatoms. The van der Waals surface area contributed by atoms with Crippen molar-refractivity contribution in [1.29, 1.82) is 0 Å². The lowest BCUT2D eigenvalue weighted by Crippen LogP contribution is -2.51. The second-order valence-electron chi connectivity index (χ2n) is 8.64. The lowest BCUT2D eigenvalue weighted by Gasteiger charge is -2.37. The molecule has 2 unspecified atom stereocenters. The maximum atomic E-state index is 12.8. The Bertz CT molecular complexity index is 579. The Hall–Kier alpha value is -0.660. The lowest BCUT2D eigenvalue weighted by molar-refractivity contribution is -0.127. The van der Waals surface area contributed by atoms with Crippen molar-refractivity contribution in [2.45, 2.75) is 71.3 Å². The molecule has 6 nitrogen and oxygen atoms in total. The molecule has 1 saturated carbocycles. The van der Waals surface area contributed by atoms with Crippen LogP contribution in [0.4, 0.5) is 0 Å². The maximum Gasteiger partial charge on any atom is 0.281 e. The molecule has 26 heavy (non-hydrogen) atoms. The first-order chi connectivity index (χ1) is 12.4. The van der Waals surface area contributed by atoms with Crippen molar-refractivity contribution < 1.29 is 13.2 Å². The zero-order valence-electron chi connectivity index (χ0n) is 16.3. The molecule has 1 N–H and O–H groups in total. The summed E-state index contributed by atoms with van der Waals surface area (Å²) in [4.78, 5) is 12.6. The highest BCUT2D eigenvalue weighted by Crippen LogP contribution is 2.27. The molecule has 0 aromatic rings. The second-order valence-corrected chi connectivity index (χ2v) is 10.6. The Morgan fingerprint density at radius 1 is 0.846 bits per heavy atom. The molecule has 3 aliphatic rings. The van der Waals surface area contributed by atoms with Gasteiger partial charge in [-0.2, -0.15) is 17.0 Å². The van der Waals surface area contributed by atoms with Crippen molar-refractivity contribution in [3.05, 3.63) is 0 Å². The lowest BCUT2D eigenvalue weighted by atomic mass is 9.85. The predicted molar refractivity (Wildman–Crippen MR) is 103 cm³/mol. The van der Waals surface area contributed by atoms with Crippen molar-refractivity contribution in [2.24, 2.45) is 17.8 Å². The summed E-state index contributed by atoms with van der Waals surface area (Å²) in [6.45, 7) is 6.59. The van der Waals surface area contributed by atoms with Gasteiger partial charge in [-0.3, -0.25) is 4.79 Å². The van der Waals surface area contributed by atoms with E-state index in [2.05, 4.69) is 19.2 Å². The summed E-state index contributed by atoms with van der Waals surface area (Å²) in [6, 6.07) is 0.299. The van der Waals surface area contributed by atoms with Crippen molar-refractivity contribution in [1.82, 2.24) is 13.9 Å². The van der Waals surface area contributed by atoms with Gasteiger partial charge in [0.1, 0.15) is 0 Å². The molecule has 1 amide bonds. The Kier molecular flexibility index (Phi) is 6.62. The number of carbonyl (C=O) groups is 1. The molecule has 0 aromatic carbocycles. The largest absolute Gasteiger partial charge is 0.353 e. The number of hydrogen-bond acceptors (Lipinski definition) is 3. The highest BCUT2D eigenvalue weighted by Gasteiger charge is 2.36.